The highest BCUT2D eigenvalue weighted by atomic mass is 35.5. The Kier molecular flexibility index (Phi) is 9.18. The first-order valence-corrected chi connectivity index (χ1v) is 13.3. The molecule has 1 aromatic heterocycles. The molecule has 1 fully saturated rings. The molecule has 12 heteroatoms. The summed E-state index contributed by atoms with van der Waals surface area (Å²) in [6.45, 7) is 5.52. The summed E-state index contributed by atoms with van der Waals surface area (Å²) in [5, 5.41) is 15.3. The zero-order chi connectivity index (χ0) is 28.8. The third-order valence-corrected chi connectivity index (χ3v) is 7.07. The maximum atomic E-state index is 12.5. The van der Waals surface area contributed by atoms with Crippen LogP contribution in [0.3, 0.4) is 0 Å². The van der Waals surface area contributed by atoms with E-state index >= 15 is 0 Å². The average molecular weight is 583 g/mol. The molecule has 2 aromatic carbocycles. The van der Waals surface area contributed by atoms with E-state index in [4.69, 9.17) is 33.0 Å². The van der Waals surface area contributed by atoms with Gasteiger partial charge in [0, 0.05) is 48.9 Å². The van der Waals surface area contributed by atoms with Crippen molar-refractivity contribution in [3.8, 4) is 11.3 Å². The van der Waals surface area contributed by atoms with Gasteiger partial charge in [0.05, 0.1) is 17.1 Å². The first kappa shape index (κ1) is 28.8. The van der Waals surface area contributed by atoms with Gasteiger partial charge in [-0.2, -0.15) is 0 Å². The molecule has 0 saturated carbocycles. The largest absolute Gasteiger partial charge is 0.462 e. The fourth-order valence-electron chi connectivity index (χ4n) is 4.16. The van der Waals surface area contributed by atoms with Crippen molar-refractivity contribution in [2.75, 3.05) is 37.7 Å². The molecular weight excluding hydrogens is 556 g/mol. The first-order valence-electron chi connectivity index (χ1n) is 12.5. The van der Waals surface area contributed by atoms with Gasteiger partial charge < -0.3 is 19.0 Å². The Labute approximate surface area is 241 Å². The number of carbonyl (C=O) groups is 2. The van der Waals surface area contributed by atoms with E-state index in [1.807, 2.05) is 34.9 Å². The Bertz CT molecular complexity index is 1480. The van der Waals surface area contributed by atoms with Crippen LogP contribution in [-0.2, 0) is 9.53 Å². The maximum Gasteiger partial charge on any atom is 0.338 e. The molecule has 208 valence electrons. The van der Waals surface area contributed by atoms with Crippen molar-refractivity contribution in [3.63, 3.8) is 0 Å². The number of nitrogens with one attached hydrogen (secondary N) is 1. The number of amides is 1. The molecule has 1 amide bonds. The van der Waals surface area contributed by atoms with Gasteiger partial charge in [0.1, 0.15) is 17.2 Å². The van der Waals surface area contributed by atoms with Gasteiger partial charge in [-0.25, -0.2) is 4.79 Å². The number of esters is 1. The van der Waals surface area contributed by atoms with Crippen LogP contribution >= 0.6 is 23.8 Å². The number of piperazine rings is 1. The Morgan fingerprint density at radius 3 is 2.58 bits per heavy atom. The number of nitro benzene ring substituents is 1. The lowest BCUT2D eigenvalue weighted by Gasteiger charge is -2.36. The normalized spacial score (nSPS) is 13.4. The molecule has 1 aliphatic rings. The summed E-state index contributed by atoms with van der Waals surface area (Å²) in [7, 11) is 0. The van der Waals surface area contributed by atoms with Crippen LogP contribution < -0.4 is 10.2 Å². The standard InChI is InChI=1S/C28H27ClN4O6S/c1-3-38-27(35)20-6-9-23(24(17-20)33(36)37)31-12-14-32(15-13-31)28(40)30-26(34)11-8-21-7-10-25(39-21)19-5-4-18(2)22(29)16-19/h4-11,16-17H,3,12-15H2,1-2H3,(H,30,34,40)/b11-8+. The zero-order valence-electron chi connectivity index (χ0n) is 21.9. The van der Waals surface area contributed by atoms with Crippen LogP contribution in [0.25, 0.3) is 17.4 Å². The van der Waals surface area contributed by atoms with E-state index in [0.717, 1.165) is 11.1 Å². The van der Waals surface area contributed by atoms with E-state index in [0.29, 0.717) is 48.4 Å². The lowest BCUT2D eigenvalue weighted by Crippen LogP contribution is -2.52. The average Bonchev–Trinajstić information content (AvgIpc) is 3.42. The summed E-state index contributed by atoms with van der Waals surface area (Å²) in [5.74, 6) is 0.109. The Morgan fingerprint density at radius 2 is 1.90 bits per heavy atom. The van der Waals surface area contributed by atoms with E-state index < -0.39 is 16.8 Å². The fraction of sp³-hybridized carbons (Fsp3) is 0.250. The summed E-state index contributed by atoms with van der Waals surface area (Å²) in [5.41, 5.74) is 2.16. The number of anilines is 1. The SMILES string of the molecule is CCOC(=O)c1ccc(N2CCN(C(=S)NC(=O)/C=C/c3ccc(-c4ccc(C)c(Cl)c4)o3)CC2)c([N+](=O)[O-])c1. The molecule has 0 atom stereocenters. The second-order valence-electron chi connectivity index (χ2n) is 8.95. The third-order valence-electron chi connectivity index (χ3n) is 6.30. The van der Waals surface area contributed by atoms with E-state index in [2.05, 4.69) is 5.32 Å². The summed E-state index contributed by atoms with van der Waals surface area (Å²) in [4.78, 5) is 39.3. The topological polar surface area (TPSA) is 118 Å². The molecule has 40 heavy (non-hydrogen) atoms. The second-order valence-corrected chi connectivity index (χ2v) is 9.74. The van der Waals surface area contributed by atoms with Crippen molar-refractivity contribution >= 4 is 58.3 Å². The number of furan rings is 1. The van der Waals surface area contributed by atoms with E-state index in [9.17, 15) is 19.7 Å². The maximum absolute atomic E-state index is 12.5. The Hall–Kier alpha value is -4.22. The number of thiocarbonyl (C=S) groups is 1. The van der Waals surface area contributed by atoms with Crippen LogP contribution in [0.2, 0.25) is 5.02 Å². The number of nitrogens with zero attached hydrogens (tertiary/aromatic N) is 3. The molecule has 1 saturated heterocycles. The van der Waals surface area contributed by atoms with Gasteiger partial charge in [-0.3, -0.25) is 20.2 Å². The monoisotopic (exact) mass is 582 g/mol. The lowest BCUT2D eigenvalue weighted by molar-refractivity contribution is -0.384. The summed E-state index contributed by atoms with van der Waals surface area (Å²) in [6.07, 6.45) is 2.88. The minimum atomic E-state index is -0.610. The molecular formula is C28H27ClN4O6S. The van der Waals surface area contributed by atoms with Crippen LogP contribution in [0, 0.1) is 17.0 Å². The van der Waals surface area contributed by atoms with E-state index in [1.165, 1.54) is 18.2 Å². The van der Waals surface area contributed by atoms with Crippen molar-refractivity contribution in [2.45, 2.75) is 13.8 Å². The van der Waals surface area contributed by atoms with Crippen molar-refractivity contribution in [1.29, 1.82) is 0 Å². The van der Waals surface area contributed by atoms with Crippen LogP contribution in [0.5, 0.6) is 0 Å². The minimum absolute atomic E-state index is 0.123. The highest BCUT2D eigenvalue weighted by Gasteiger charge is 2.26. The number of rotatable bonds is 7. The number of hydrogen-bond donors (Lipinski definition) is 1. The molecule has 1 aliphatic heterocycles. The molecule has 0 unspecified atom stereocenters. The van der Waals surface area contributed by atoms with Gasteiger partial charge in [-0.05, 0) is 68.0 Å². The number of carbonyl (C=O) groups excluding carboxylic acids is 2. The zero-order valence-corrected chi connectivity index (χ0v) is 23.5. The Balaban J connectivity index is 1.32. The summed E-state index contributed by atoms with van der Waals surface area (Å²) >= 11 is 11.6. The number of hydrogen-bond acceptors (Lipinski definition) is 8. The number of benzene rings is 2. The van der Waals surface area contributed by atoms with Gasteiger partial charge in [0.15, 0.2) is 5.11 Å². The quantitative estimate of drug-likeness (QED) is 0.131. The number of nitro groups is 1. The van der Waals surface area contributed by atoms with E-state index in [1.54, 1.807) is 31.2 Å². The molecule has 0 bridgehead atoms. The van der Waals surface area contributed by atoms with Gasteiger partial charge >= 0.3 is 5.97 Å². The number of halogens is 1. The second kappa shape index (κ2) is 12.8. The van der Waals surface area contributed by atoms with Crippen molar-refractivity contribution < 1.29 is 23.7 Å². The number of ether oxygens (including phenoxy) is 1. The highest BCUT2D eigenvalue weighted by Crippen LogP contribution is 2.31. The molecule has 1 N–H and O–H groups in total. The summed E-state index contributed by atoms with van der Waals surface area (Å²) in [6, 6.07) is 13.5. The number of aryl methyl sites for hydroxylation is 1. The highest BCUT2D eigenvalue weighted by molar-refractivity contribution is 7.80. The predicted octanol–water partition coefficient (Wildman–Crippen LogP) is 5.23. The van der Waals surface area contributed by atoms with Crippen molar-refractivity contribution in [2.24, 2.45) is 0 Å². The first-order chi connectivity index (χ1) is 19.2. The summed E-state index contributed by atoms with van der Waals surface area (Å²) < 4.78 is 10.7. The molecule has 0 aliphatic carbocycles. The van der Waals surface area contributed by atoms with Gasteiger partial charge in [0.2, 0.25) is 5.91 Å². The molecule has 3 aromatic rings. The third kappa shape index (κ3) is 6.85. The molecule has 4 rings (SSSR count). The molecule has 0 spiro atoms. The van der Waals surface area contributed by atoms with Crippen LogP contribution in [0.15, 0.2) is 59.0 Å². The van der Waals surface area contributed by atoms with Gasteiger partial charge in [-0.1, -0.05) is 23.7 Å². The fourth-order valence-corrected chi connectivity index (χ4v) is 4.62. The molecule has 0 radical (unpaired) electrons. The smallest absolute Gasteiger partial charge is 0.338 e. The Morgan fingerprint density at radius 1 is 1.15 bits per heavy atom. The van der Waals surface area contributed by atoms with Crippen LogP contribution in [0.4, 0.5) is 11.4 Å². The minimum Gasteiger partial charge on any atom is -0.462 e. The lowest BCUT2D eigenvalue weighted by atomic mass is 10.1. The van der Waals surface area contributed by atoms with Gasteiger partial charge in [0.25, 0.3) is 5.69 Å². The van der Waals surface area contributed by atoms with Crippen molar-refractivity contribution in [3.05, 3.63) is 86.6 Å². The predicted molar refractivity (Wildman–Crippen MR) is 157 cm³/mol. The van der Waals surface area contributed by atoms with Crippen LogP contribution in [-0.4, -0.2) is 59.6 Å². The van der Waals surface area contributed by atoms with Crippen molar-refractivity contribution in [1.82, 2.24) is 10.2 Å². The van der Waals surface area contributed by atoms with Crippen LogP contribution in [0.1, 0.15) is 28.6 Å². The van der Waals surface area contributed by atoms with Gasteiger partial charge in [-0.15, -0.1) is 0 Å². The van der Waals surface area contributed by atoms with E-state index in [-0.39, 0.29) is 23.0 Å². The molecule has 2 heterocycles. The molecule has 10 nitrogen and oxygen atoms in total.